The average Bonchev–Trinajstić information content (AvgIpc) is 2.97. The predicted molar refractivity (Wildman–Crippen MR) is 75.2 cm³/mol. The van der Waals surface area contributed by atoms with Crippen molar-refractivity contribution in [2.45, 2.75) is 0 Å². The number of oxazole rings is 1. The van der Waals surface area contributed by atoms with Crippen LogP contribution in [0.5, 0.6) is 5.75 Å². The van der Waals surface area contributed by atoms with Gasteiger partial charge in [0.1, 0.15) is 11.3 Å². The number of hydroxylamine groups is 1. The van der Waals surface area contributed by atoms with E-state index < -0.39 is 5.91 Å². The third-order valence-corrected chi connectivity index (χ3v) is 3.09. The number of hydrogen-bond donors (Lipinski definition) is 2. The van der Waals surface area contributed by atoms with Crippen LogP contribution < -0.4 is 10.2 Å². The average molecular weight is 284 g/mol. The largest absolute Gasteiger partial charge is 0.497 e. The summed E-state index contributed by atoms with van der Waals surface area (Å²) in [5.41, 5.74) is 3.81. The molecule has 0 radical (unpaired) electrons. The molecule has 0 atom stereocenters. The molecule has 1 aromatic heterocycles. The maximum absolute atomic E-state index is 11.4. The smallest absolute Gasteiger partial charge is 0.274 e. The van der Waals surface area contributed by atoms with Crippen molar-refractivity contribution in [2.75, 3.05) is 7.11 Å². The van der Waals surface area contributed by atoms with E-state index in [4.69, 9.17) is 14.4 Å². The fourth-order valence-electron chi connectivity index (χ4n) is 1.99. The molecule has 3 rings (SSSR count). The molecule has 0 saturated carbocycles. The van der Waals surface area contributed by atoms with Crippen molar-refractivity contribution in [3.05, 3.63) is 48.0 Å². The first-order valence-corrected chi connectivity index (χ1v) is 6.20. The Kier molecular flexibility index (Phi) is 3.29. The highest BCUT2D eigenvalue weighted by atomic mass is 16.5. The van der Waals surface area contributed by atoms with Crippen LogP contribution in [0.4, 0.5) is 0 Å². The molecular formula is C15H12N2O4. The summed E-state index contributed by atoms with van der Waals surface area (Å²) in [4.78, 5) is 15.7. The molecule has 6 nitrogen and oxygen atoms in total. The normalized spacial score (nSPS) is 10.6. The molecular weight excluding hydrogens is 272 g/mol. The van der Waals surface area contributed by atoms with E-state index in [1.54, 1.807) is 30.8 Å². The van der Waals surface area contributed by atoms with Gasteiger partial charge >= 0.3 is 0 Å². The Morgan fingerprint density at radius 2 is 2.00 bits per heavy atom. The first kappa shape index (κ1) is 13.1. The monoisotopic (exact) mass is 284 g/mol. The first-order valence-electron chi connectivity index (χ1n) is 6.20. The SMILES string of the molecule is COc1ccc(-c2nc3cc(C(=O)NO)ccc3o2)cc1. The Balaban J connectivity index is 2.01. The zero-order valence-electron chi connectivity index (χ0n) is 11.2. The van der Waals surface area contributed by atoms with Crippen molar-refractivity contribution in [3.63, 3.8) is 0 Å². The molecule has 106 valence electrons. The summed E-state index contributed by atoms with van der Waals surface area (Å²) in [6.07, 6.45) is 0. The second-order valence-electron chi connectivity index (χ2n) is 4.37. The van der Waals surface area contributed by atoms with E-state index in [-0.39, 0.29) is 0 Å². The number of nitrogens with zero attached hydrogens (tertiary/aromatic N) is 1. The summed E-state index contributed by atoms with van der Waals surface area (Å²) >= 11 is 0. The summed E-state index contributed by atoms with van der Waals surface area (Å²) in [7, 11) is 1.60. The third kappa shape index (κ3) is 2.44. The number of aromatic nitrogens is 1. The van der Waals surface area contributed by atoms with Crippen LogP contribution in [0.15, 0.2) is 46.9 Å². The summed E-state index contributed by atoms with van der Waals surface area (Å²) in [6, 6.07) is 12.0. The van der Waals surface area contributed by atoms with Crippen molar-refractivity contribution in [3.8, 4) is 17.2 Å². The van der Waals surface area contributed by atoms with Crippen LogP contribution in [0, 0.1) is 0 Å². The molecule has 3 aromatic rings. The van der Waals surface area contributed by atoms with E-state index in [0.29, 0.717) is 22.6 Å². The fourth-order valence-corrected chi connectivity index (χ4v) is 1.99. The standard InChI is InChI=1S/C15H12N2O4/c1-20-11-5-2-9(3-6-11)15-16-12-8-10(14(18)17-19)4-7-13(12)21-15/h2-8,19H,1H3,(H,17,18). The Bertz CT molecular complexity index is 793. The Hall–Kier alpha value is -2.86. The van der Waals surface area contributed by atoms with Crippen LogP contribution in [-0.4, -0.2) is 23.2 Å². The molecule has 1 heterocycles. The second kappa shape index (κ2) is 5.26. The molecule has 1 amide bonds. The van der Waals surface area contributed by atoms with E-state index in [9.17, 15) is 4.79 Å². The van der Waals surface area contributed by atoms with Crippen molar-refractivity contribution >= 4 is 17.0 Å². The van der Waals surface area contributed by atoms with Crippen LogP contribution in [0.25, 0.3) is 22.6 Å². The van der Waals surface area contributed by atoms with Gasteiger partial charge in [0.05, 0.1) is 7.11 Å². The summed E-state index contributed by atoms with van der Waals surface area (Å²) in [6.45, 7) is 0. The Morgan fingerprint density at radius 1 is 1.24 bits per heavy atom. The van der Waals surface area contributed by atoms with Crippen LogP contribution in [0.2, 0.25) is 0 Å². The number of benzene rings is 2. The van der Waals surface area contributed by atoms with Crippen LogP contribution >= 0.6 is 0 Å². The van der Waals surface area contributed by atoms with Gasteiger partial charge in [-0.2, -0.15) is 0 Å². The number of amides is 1. The van der Waals surface area contributed by atoms with Crippen LogP contribution in [0.3, 0.4) is 0 Å². The van der Waals surface area contributed by atoms with Crippen LogP contribution in [-0.2, 0) is 0 Å². The zero-order valence-corrected chi connectivity index (χ0v) is 11.2. The summed E-state index contributed by atoms with van der Waals surface area (Å²) in [5.74, 6) is 0.608. The maximum atomic E-state index is 11.4. The molecule has 0 spiro atoms. The van der Waals surface area contributed by atoms with Crippen molar-refractivity contribution in [1.82, 2.24) is 10.5 Å². The highest BCUT2D eigenvalue weighted by Gasteiger charge is 2.11. The molecule has 0 fully saturated rings. The minimum Gasteiger partial charge on any atom is -0.497 e. The zero-order chi connectivity index (χ0) is 14.8. The molecule has 21 heavy (non-hydrogen) atoms. The summed E-state index contributed by atoms with van der Waals surface area (Å²) in [5, 5.41) is 8.64. The van der Waals surface area contributed by atoms with E-state index in [2.05, 4.69) is 4.98 Å². The lowest BCUT2D eigenvalue weighted by atomic mass is 10.2. The number of methoxy groups -OCH3 is 1. The Labute approximate surface area is 119 Å². The number of fused-ring (bicyclic) bond motifs is 1. The number of ether oxygens (including phenoxy) is 1. The van der Waals surface area contributed by atoms with Gasteiger partial charge in [0.15, 0.2) is 5.58 Å². The summed E-state index contributed by atoms with van der Waals surface area (Å²) < 4.78 is 10.7. The van der Waals surface area contributed by atoms with E-state index in [0.717, 1.165) is 11.3 Å². The predicted octanol–water partition coefficient (Wildman–Crippen LogP) is 2.62. The molecule has 0 saturated heterocycles. The van der Waals surface area contributed by atoms with E-state index >= 15 is 0 Å². The van der Waals surface area contributed by atoms with Gasteiger partial charge in [0, 0.05) is 11.1 Å². The lowest BCUT2D eigenvalue weighted by Gasteiger charge is -1.99. The van der Waals surface area contributed by atoms with Gasteiger partial charge in [-0.1, -0.05) is 0 Å². The van der Waals surface area contributed by atoms with Crippen molar-refractivity contribution in [1.29, 1.82) is 0 Å². The van der Waals surface area contributed by atoms with Gasteiger partial charge in [-0.05, 0) is 42.5 Å². The molecule has 6 heteroatoms. The molecule has 0 aliphatic carbocycles. The minimum absolute atomic E-state index is 0.305. The maximum Gasteiger partial charge on any atom is 0.274 e. The number of hydrogen-bond acceptors (Lipinski definition) is 5. The van der Waals surface area contributed by atoms with Gasteiger partial charge in [-0.25, -0.2) is 10.5 Å². The lowest BCUT2D eigenvalue weighted by molar-refractivity contribution is 0.0706. The molecule has 2 aromatic carbocycles. The number of carbonyl (C=O) groups is 1. The quantitative estimate of drug-likeness (QED) is 0.570. The highest BCUT2D eigenvalue weighted by molar-refractivity contribution is 5.96. The second-order valence-corrected chi connectivity index (χ2v) is 4.37. The highest BCUT2D eigenvalue weighted by Crippen LogP contribution is 2.26. The number of rotatable bonds is 3. The molecule has 0 aliphatic heterocycles. The number of nitrogens with one attached hydrogen (secondary N) is 1. The van der Waals surface area contributed by atoms with E-state index in [1.165, 1.54) is 0 Å². The van der Waals surface area contributed by atoms with Gasteiger partial charge in [0.2, 0.25) is 5.89 Å². The van der Waals surface area contributed by atoms with Gasteiger partial charge in [-0.15, -0.1) is 0 Å². The third-order valence-electron chi connectivity index (χ3n) is 3.09. The Morgan fingerprint density at radius 3 is 2.67 bits per heavy atom. The molecule has 0 unspecified atom stereocenters. The van der Waals surface area contributed by atoms with Crippen molar-refractivity contribution < 1.29 is 19.2 Å². The van der Waals surface area contributed by atoms with Gasteiger partial charge in [0.25, 0.3) is 5.91 Å². The topological polar surface area (TPSA) is 84.6 Å². The van der Waals surface area contributed by atoms with E-state index in [1.807, 2.05) is 24.3 Å². The van der Waals surface area contributed by atoms with Gasteiger partial charge in [-0.3, -0.25) is 10.0 Å². The van der Waals surface area contributed by atoms with Crippen molar-refractivity contribution in [2.24, 2.45) is 0 Å². The molecule has 0 bridgehead atoms. The first-order chi connectivity index (χ1) is 10.2. The van der Waals surface area contributed by atoms with Crippen LogP contribution in [0.1, 0.15) is 10.4 Å². The molecule has 0 aliphatic rings. The minimum atomic E-state index is -0.592. The molecule has 2 N–H and O–H groups in total. The van der Waals surface area contributed by atoms with Gasteiger partial charge < -0.3 is 9.15 Å². The fraction of sp³-hybridized carbons (Fsp3) is 0.0667. The lowest BCUT2D eigenvalue weighted by Crippen LogP contribution is -2.18. The number of carbonyl (C=O) groups excluding carboxylic acids is 1.